The Morgan fingerprint density at radius 1 is 1.09 bits per heavy atom. The lowest BCUT2D eigenvalue weighted by Crippen LogP contribution is -2.68. The molecule has 0 radical (unpaired) electrons. The van der Waals surface area contributed by atoms with Crippen LogP contribution in [0.3, 0.4) is 0 Å². The SMILES string of the molecule is COc1ccccc1N1CCN([C@@H]2[C@@H]3OC[C@H](O3)[C@@H](NC(=O)NC3CCCCC3)[C@@H]2O)CC1. The molecule has 5 atom stereocenters. The number of aliphatic hydroxyl groups excluding tert-OH is 1. The van der Waals surface area contributed by atoms with Crippen LogP contribution in [0.4, 0.5) is 10.5 Å². The molecule has 3 aliphatic heterocycles. The average molecular weight is 461 g/mol. The van der Waals surface area contributed by atoms with Gasteiger partial charge >= 0.3 is 6.03 Å². The van der Waals surface area contributed by atoms with Crippen LogP contribution >= 0.6 is 0 Å². The van der Waals surface area contributed by atoms with Gasteiger partial charge in [0.2, 0.25) is 0 Å². The maximum atomic E-state index is 12.7. The Labute approximate surface area is 195 Å². The van der Waals surface area contributed by atoms with Crippen molar-refractivity contribution in [2.75, 3.05) is 44.8 Å². The molecule has 2 bridgehead atoms. The second kappa shape index (κ2) is 10.0. The van der Waals surface area contributed by atoms with Crippen molar-refractivity contribution in [3.05, 3.63) is 24.3 Å². The Morgan fingerprint density at radius 2 is 1.85 bits per heavy atom. The van der Waals surface area contributed by atoms with Crippen LogP contribution in [0.2, 0.25) is 0 Å². The Morgan fingerprint density at radius 3 is 2.61 bits per heavy atom. The Bertz CT molecular complexity index is 812. The van der Waals surface area contributed by atoms with Crippen LogP contribution in [-0.2, 0) is 9.47 Å². The number of urea groups is 1. The van der Waals surface area contributed by atoms with E-state index in [1.54, 1.807) is 7.11 Å². The van der Waals surface area contributed by atoms with E-state index in [9.17, 15) is 9.90 Å². The molecule has 3 N–H and O–H groups in total. The van der Waals surface area contributed by atoms with E-state index in [-0.39, 0.29) is 24.2 Å². The number of carbonyl (C=O) groups excluding carboxylic acids is 1. The molecular weight excluding hydrogens is 424 g/mol. The molecule has 1 aliphatic carbocycles. The number of carbonyl (C=O) groups is 1. The van der Waals surface area contributed by atoms with E-state index in [4.69, 9.17) is 14.2 Å². The predicted octanol–water partition coefficient (Wildman–Crippen LogP) is 1.30. The number of nitrogens with zero attached hydrogens (tertiary/aromatic N) is 2. The number of amides is 2. The number of benzene rings is 1. The zero-order valence-electron chi connectivity index (χ0n) is 19.3. The van der Waals surface area contributed by atoms with Gasteiger partial charge in [-0.25, -0.2) is 4.79 Å². The standard InChI is InChI=1S/C24H36N4O5/c1-31-18-10-6-5-9-17(18)27-11-13-28(14-12-27)21-22(29)20(19-15-32-23(21)33-19)26-24(30)25-16-7-3-2-4-8-16/h5-6,9-10,16,19-23,29H,2-4,7-8,11-15H2,1H3,(H2,25,26,30)/t19-,20+,21-,22-,23+/m0/s1. The molecule has 0 aromatic heterocycles. The molecule has 3 saturated heterocycles. The number of anilines is 1. The van der Waals surface area contributed by atoms with Crippen LogP contribution < -0.4 is 20.3 Å². The minimum absolute atomic E-state index is 0.215. The Kier molecular flexibility index (Phi) is 6.91. The van der Waals surface area contributed by atoms with Crippen LogP contribution in [0, 0.1) is 0 Å². The van der Waals surface area contributed by atoms with Gasteiger partial charge in [-0.2, -0.15) is 0 Å². The van der Waals surface area contributed by atoms with E-state index in [0.717, 1.165) is 63.3 Å². The molecule has 1 aromatic carbocycles. The summed E-state index contributed by atoms with van der Waals surface area (Å²) in [4.78, 5) is 17.2. The van der Waals surface area contributed by atoms with Gasteiger partial charge < -0.3 is 34.9 Å². The van der Waals surface area contributed by atoms with Crippen LogP contribution in [0.15, 0.2) is 24.3 Å². The summed E-state index contributed by atoms with van der Waals surface area (Å²) in [6.45, 7) is 3.51. The molecule has 5 rings (SSSR count). The van der Waals surface area contributed by atoms with Gasteiger partial charge in [-0.1, -0.05) is 31.4 Å². The summed E-state index contributed by atoms with van der Waals surface area (Å²) in [7, 11) is 1.69. The van der Waals surface area contributed by atoms with Crippen molar-refractivity contribution < 1.29 is 24.1 Å². The summed E-state index contributed by atoms with van der Waals surface area (Å²) in [5.74, 6) is 0.863. The van der Waals surface area contributed by atoms with E-state index in [1.807, 2.05) is 18.2 Å². The van der Waals surface area contributed by atoms with E-state index >= 15 is 0 Å². The molecule has 3 heterocycles. The molecule has 4 fully saturated rings. The van der Waals surface area contributed by atoms with Gasteiger partial charge in [-0.15, -0.1) is 0 Å². The first-order chi connectivity index (χ1) is 16.1. The third kappa shape index (κ3) is 4.77. The molecule has 9 nitrogen and oxygen atoms in total. The molecule has 1 aromatic rings. The lowest BCUT2D eigenvalue weighted by Gasteiger charge is -2.47. The lowest BCUT2D eigenvalue weighted by atomic mass is 9.94. The van der Waals surface area contributed by atoms with E-state index in [0.29, 0.717) is 6.61 Å². The first-order valence-electron chi connectivity index (χ1n) is 12.3. The van der Waals surface area contributed by atoms with Crippen LogP contribution in [-0.4, -0.2) is 92.6 Å². The number of hydrogen-bond acceptors (Lipinski definition) is 7. The monoisotopic (exact) mass is 460 g/mol. The fourth-order valence-electron chi connectivity index (χ4n) is 5.75. The largest absolute Gasteiger partial charge is 0.495 e. The van der Waals surface area contributed by atoms with Gasteiger partial charge in [0.05, 0.1) is 37.6 Å². The molecule has 4 aliphatic rings. The summed E-state index contributed by atoms with van der Waals surface area (Å²) < 4.78 is 17.5. The number of rotatable bonds is 5. The lowest BCUT2D eigenvalue weighted by molar-refractivity contribution is -0.181. The van der Waals surface area contributed by atoms with Gasteiger partial charge in [0.15, 0.2) is 6.29 Å². The highest BCUT2D eigenvalue weighted by molar-refractivity contribution is 5.74. The number of para-hydroxylation sites is 2. The van der Waals surface area contributed by atoms with Crippen LogP contribution in [0.25, 0.3) is 0 Å². The van der Waals surface area contributed by atoms with Crippen LogP contribution in [0.5, 0.6) is 5.75 Å². The van der Waals surface area contributed by atoms with Gasteiger partial charge in [-0.3, -0.25) is 4.90 Å². The van der Waals surface area contributed by atoms with E-state index in [2.05, 4.69) is 26.5 Å². The summed E-state index contributed by atoms with van der Waals surface area (Å²) in [6, 6.07) is 7.22. The zero-order valence-corrected chi connectivity index (χ0v) is 19.3. The van der Waals surface area contributed by atoms with Crippen molar-refractivity contribution >= 4 is 11.7 Å². The van der Waals surface area contributed by atoms with Gasteiger partial charge in [0.1, 0.15) is 11.9 Å². The second-order valence-corrected chi connectivity index (χ2v) is 9.53. The number of piperazine rings is 1. The number of nitrogens with one attached hydrogen (secondary N) is 2. The molecular formula is C24H36N4O5. The molecule has 33 heavy (non-hydrogen) atoms. The third-order valence-electron chi connectivity index (χ3n) is 7.53. The molecule has 2 amide bonds. The quantitative estimate of drug-likeness (QED) is 0.610. The van der Waals surface area contributed by atoms with Crippen molar-refractivity contribution in [3.63, 3.8) is 0 Å². The van der Waals surface area contributed by atoms with Crippen molar-refractivity contribution in [1.29, 1.82) is 0 Å². The second-order valence-electron chi connectivity index (χ2n) is 9.53. The fourth-order valence-corrected chi connectivity index (χ4v) is 5.75. The number of hydrogen-bond donors (Lipinski definition) is 3. The maximum Gasteiger partial charge on any atom is 0.315 e. The van der Waals surface area contributed by atoms with Crippen LogP contribution in [0.1, 0.15) is 32.1 Å². The minimum atomic E-state index is -0.758. The first-order valence-corrected chi connectivity index (χ1v) is 12.3. The summed E-state index contributed by atoms with van der Waals surface area (Å²) in [6.07, 6.45) is 4.03. The fraction of sp³-hybridized carbons (Fsp3) is 0.708. The third-order valence-corrected chi connectivity index (χ3v) is 7.53. The normalized spacial score (nSPS) is 33.0. The minimum Gasteiger partial charge on any atom is -0.495 e. The molecule has 0 unspecified atom stereocenters. The highest BCUT2D eigenvalue weighted by Gasteiger charge is 2.53. The molecule has 9 heteroatoms. The number of ether oxygens (including phenoxy) is 3. The summed E-state index contributed by atoms with van der Waals surface area (Å²) >= 11 is 0. The average Bonchev–Trinajstić information content (AvgIpc) is 3.28. The molecule has 0 spiro atoms. The maximum absolute atomic E-state index is 12.7. The van der Waals surface area contributed by atoms with Gasteiger partial charge in [0, 0.05) is 32.2 Å². The predicted molar refractivity (Wildman–Crippen MR) is 124 cm³/mol. The van der Waals surface area contributed by atoms with E-state index in [1.165, 1.54) is 6.42 Å². The van der Waals surface area contributed by atoms with Gasteiger partial charge in [-0.05, 0) is 25.0 Å². The Hall–Kier alpha value is -2.07. The van der Waals surface area contributed by atoms with E-state index < -0.39 is 18.4 Å². The number of methoxy groups -OCH3 is 1. The molecule has 1 saturated carbocycles. The topological polar surface area (TPSA) is 95.5 Å². The number of fused-ring (bicyclic) bond motifs is 2. The van der Waals surface area contributed by atoms with Crippen molar-refractivity contribution in [2.24, 2.45) is 0 Å². The summed E-state index contributed by atoms with van der Waals surface area (Å²) in [5, 5.41) is 17.4. The zero-order chi connectivity index (χ0) is 22.8. The highest BCUT2D eigenvalue weighted by atomic mass is 16.7. The first kappa shape index (κ1) is 22.7. The van der Waals surface area contributed by atoms with Crippen molar-refractivity contribution in [3.8, 4) is 5.75 Å². The summed E-state index contributed by atoms with van der Waals surface area (Å²) in [5.41, 5.74) is 1.08. The smallest absolute Gasteiger partial charge is 0.315 e. The van der Waals surface area contributed by atoms with Crippen molar-refractivity contribution in [2.45, 2.75) is 68.7 Å². The highest BCUT2D eigenvalue weighted by Crippen LogP contribution is 2.33. The van der Waals surface area contributed by atoms with Gasteiger partial charge in [0.25, 0.3) is 0 Å². The van der Waals surface area contributed by atoms with Crippen molar-refractivity contribution in [1.82, 2.24) is 15.5 Å². The number of aliphatic hydroxyl groups is 1. The molecule has 182 valence electrons. The Balaban J connectivity index is 1.21.